The predicted octanol–water partition coefficient (Wildman–Crippen LogP) is 4.32. The lowest BCUT2D eigenvalue weighted by atomic mass is 9.48. The van der Waals surface area contributed by atoms with Gasteiger partial charge in [0.1, 0.15) is 15.1 Å². The number of ether oxygens (including phenoxy) is 2. The molecule has 2 N–H and O–H groups in total. The van der Waals surface area contributed by atoms with Gasteiger partial charge in [-0.2, -0.15) is 0 Å². The van der Waals surface area contributed by atoms with Crippen LogP contribution in [0.5, 0.6) is 0 Å². The van der Waals surface area contributed by atoms with E-state index < -0.39 is 31.7 Å². The normalized spacial score (nSPS) is 35.4. The lowest BCUT2D eigenvalue weighted by Gasteiger charge is -2.60. The molecule has 0 saturated heterocycles. The van der Waals surface area contributed by atoms with E-state index >= 15 is 0 Å². The molecule has 6 nitrogen and oxygen atoms in total. The van der Waals surface area contributed by atoms with Crippen molar-refractivity contribution in [2.75, 3.05) is 0 Å². The van der Waals surface area contributed by atoms with E-state index in [1.165, 1.54) is 0 Å². The van der Waals surface area contributed by atoms with Gasteiger partial charge in [0.15, 0.2) is 0 Å². The van der Waals surface area contributed by atoms with Gasteiger partial charge in [0.2, 0.25) is 0 Å². The number of esters is 2. The van der Waals surface area contributed by atoms with E-state index in [0.29, 0.717) is 24.7 Å². The third-order valence-electron chi connectivity index (χ3n) is 7.56. The highest BCUT2D eigenvalue weighted by Gasteiger charge is 2.63. The molecule has 4 bridgehead atoms. The van der Waals surface area contributed by atoms with Crippen molar-refractivity contribution in [3.8, 4) is 0 Å². The molecule has 0 aromatic carbocycles. The third-order valence-corrected chi connectivity index (χ3v) is 8.76. The monoisotopic (exact) mass is 550 g/mol. The lowest BCUT2D eigenvalue weighted by molar-refractivity contribution is -0.221. The third kappa shape index (κ3) is 5.40. The zero-order valence-corrected chi connectivity index (χ0v) is 22.0. The Kier molecular flexibility index (Phi) is 6.60. The first kappa shape index (κ1) is 25.2. The highest BCUT2D eigenvalue weighted by Crippen LogP contribution is 2.63. The maximum atomic E-state index is 13.6. The summed E-state index contributed by atoms with van der Waals surface area (Å²) in [5, 5.41) is 20.9. The molecule has 0 spiro atoms. The molecule has 4 rings (SSSR count). The Morgan fingerprint density at radius 2 is 1.61 bits per heavy atom. The Bertz CT molecular complexity index is 703. The van der Waals surface area contributed by atoms with Gasteiger partial charge in [-0.05, 0) is 85.0 Å². The molecule has 178 valence electrons. The average molecular weight is 550 g/mol. The van der Waals surface area contributed by atoms with Gasteiger partial charge in [-0.3, -0.25) is 9.59 Å². The van der Waals surface area contributed by atoms with Crippen molar-refractivity contribution in [1.29, 1.82) is 0 Å². The fourth-order valence-corrected chi connectivity index (χ4v) is 6.24. The van der Waals surface area contributed by atoms with E-state index in [1.54, 1.807) is 27.7 Å². The van der Waals surface area contributed by atoms with Crippen LogP contribution in [0.15, 0.2) is 0 Å². The van der Waals surface area contributed by atoms with Crippen molar-refractivity contribution in [3.63, 3.8) is 0 Å². The summed E-state index contributed by atoms with van der Waals surface area (Å²) in [5.41, 5.74) is -3.62. The second kappa shape index (κ2) is 8.12. The quantitative estimate of drug-likeness (QED) is 0.266. The van der Waals surface area contributed by atoms with Gasteiger partial charge in [-0.25, -0.2) is 0 Å². The number of carbonyl (C=O) groups excluding carboxylic acids is 2. The summed E-state index contributed by atoms with van der Waals surface area (Å²) in [6.45, 7) is 10.4. The molecule has 4 aliphatic carbocycles. The van der Waals surface area contributed by atoms with Crippen LogP contribution in [0, 0.1) is 17.3 Å². The highest BCUT2D eigenvalue weighted by atomic mass is 127. The van der Waals surface area contributed by atoms with Crippen molar-refractivity contribution < 1.29 is 29.3 Å². The Balaban J connectivity index is 1.82. The van der Waals surface area contributed by atoms with Crippen LogP contribution in [0.25, 0.3) is 0 Å². The standard InChI is InChI=1S/C24H39IO6/c1-7-22(6,25)18(26)31-24-11-15-8-16(12-24)10-23(9-15,14-24)19(27)30-17(21(4,5)29)13-20(2,3)28/h15-17,28-29H,7-14H2,1-6H3. The first-order valence-corrected chi connectivity index (χ1v) is 12.7. The van der Waals surface area contributed by atoms with Crippen LogP contribution in [0.2, 0.25) is 0 Å². The molecule has 0 radical (unpaired) electrons. The summed E-state index contributed by atoms with van der Waals surface area (Å²) in [5.74, 6) is 0.181. The predicted molar refractivity (Wildman–Crippen MR) is 126 cm³/mol. The first-order valence-electron chi connectivity index (χ1n) is 11.6. The smallest absolute Gasteiger partial charge is 0.322 e. The molecule has 0 amide bonds. The van der Waals surface area contributed by atoms with Crippen LogP contribution < -0.4 is 0 Å². The van der Waals surface area contributed by atoms with E-state index in [0.717, 1.165) is 32.1 Å². The maximum absolute atomic E-state index is 13.6. The SMILES string of the molecule is CCC(C)(I)C(=O)OC12CC3CC(C1)CC(C(=O)OC(CC(C)(C)O)C(C)(C)O)(C3)C2. The topological polar surface area (TPSA) is 93.1 Å². The molecule has 31 heavy (non-hydrogen) atoms. The zero-order chi connectivity index (χ0) is 23.5. The summed E-state index contributed by atoms with van der Waals surface area (Å²) < 4.78 is 11.5. The summed E-state index contributed by atoms with van der Waals surface area (Å²) in [6, 6.07) is 0. The first-order chi connectivity index (χ1) is 14.0. The van der Waals surface area contributed by atoms with Gasteiger partial charge in [0.05, 0.1) is 16.6 Å². The van der Waals surface area contributed by atoms with Gasteiger partial charge in [0, 0.05) is 12.8 Å². The zero-order valence-electron chi connectivity index (χ0n) is 19.8. The van der Waals surface area contributed by atoms with E-state index in [-0.39, 0.29) is 18.4 Å². The van der Waals surface area contributed by atoms with Crippen molar-refractivity contribution >= 4 is 34.5 Å². The second-order valence-electron chi connectivity index (χ2n) is 11.9. The summed E-state index contributed by atoms with van der Waals surface area (Å²) in [4.78, 5) is 26.5. The lowest BCUT2D eigenvalue weighted by Crippen LogP contribution is -2.61. The van der Waals surface area contributed by atoms with Crippen LogP contribution in [-0.2, 0) is 19.1 Å². The molecular formula is C24H39IO6. The average Bonchev–Trinajstić information content (AvgIpc) is 2.57. The number of alkyl halides is 1. The molecule has 7 heteroatoms. The molecule has 0 aliphatic heterocycles. The molecule has 4 atom stereocenters. The van der Waals surface area contributed by atoms with Crippen LogP contribution in [0.4, 0.5) is 0 Å². The van der Waals surface area contributed by atoms with Crippen LogP contribution in [0.1, 0.15) is 92.9 Å². The number of aliphatic hydroxyl groups is 2. The molecule has 0 aromatic heterocycles. The van der Waals surface area contributed by atoms with Gasteiger partial charge in [-0.1, -0.05) is 29.5 Å². The fraction of sp³-hybridized carbons (Fsp3) is 0.917. The van der Waals surface area contributed by atoms with Crippen LogP contribution in [0.3, 0.4) is 0 Å². The fourth-order valence-electron chi connectivity index (χ4n) is 6.13. The summed E-state index contributed by atoms with van der Waals surface area (Å²) in [6.07, 6.45) is 4.72. The van der Waals surface area contributed by atoms with E-state index in [2.05, 4.69) is 22.6 Å². The number of hydrogen-bond donors (Lipinski definition) is 2. The van der Waals surface area contributed by atoms with Crippen molar-refractivity contribution in [2.24, 2.45) is 17.3 Å². The van der Waals surface area contributed by atoms with Crippen LogP contribution in [-0.4, -0.2) is 48.5 Å². The highest BCUT2D eigenvalue weighted by molar-refractivity contribution is 14.1. The molecule has 0 aromatic rings. The van der Waals surface area contributed by atoms with Gasteiger partial charge >= 0.3 is 11.9 Å². The Labute approximate surface area is 200 Å². The van der Waals surface area contributed by atoms with Crippen molar-refractivity contribution in [1.82, 2.24) is 0 Å². The molecule has 4 aliphatic rings. The molecule has 4 saturated carbocycles. The number of rotatable bonds is 8. The van der Waals surface area contributed by atoms with E-state index in [1.807, 2.05) is 13.8 Å². The number of halogens is 1. The van der Waals surface area contributed by atoms with E-state index in [9.17, 15) is 19.8 Å². The Hall–Kier alpha value is -0.410. The van der Waals surface area contributed by atoms with Crippen molar-refractivity contribution in [3.05, 3.63) is 0 Å². The van der Waals surface area contributed by atoms with Gasteiger partial charge in [-0.15, -0.1) is 0 Å². The minimum absolute atomic E-state index is 0.148. The number of carbonyl (C=O) groups is 2. The minimum atomic E-state index is -1.27. The minimum Gasteiger partial charge on any atom is -0.459 e. The summed E-state index contributed by atoms with van der Waals surface area (Å²) >= 11 is 2.16. The van der Waals surface area contributed by atoms with Crippen molar-refractivity contribution in [2.45, 2.75) is 119 Å². The largest absolute Gasteiger partial charge is 0.459 e. The Morgan fingerprint density at radius 3 is 2.06 bits per heavy atom. The van der Waals surface area contributed by atoms with E-state index in [4.69, 9.17) is 9.47 Å². The molecule has 4 fully saturated rings. The maximum Gasteiger partial charge on any atom is 0.322 e. The second-order valence-corrected chi connectivity index (χ2v) is 14.3. The molecule has 0 heterocycles. The Morgan fingerprint density at radius 1 is 1.06 bits per heavy atom. The van der Waals surface area contributed by atoms with Crippen LogP contribution >= 0.6 is 22.6 Å². The summed E-state index contributed by atoms with van der Waals surface area (Å²) in [7, 11) is 0. The molecule has 4 unspecified atom stereocenters. The molecular weight excluding hydrogens is 511 g/mol. The van der Waals surface area contributed by atoms with Gasteiger partial charge in [0.25, 0.3) is 0 Å². The number of hydrogen-bond acceptors (Lipinski definition) is 6. The van der Waals surface area contributed by atoms with Gasteiger partial charge < -0.3 is 19.7 Å².